The number of benzene rings is 4. The standard InChI is InChI=1S/C28H36O9Si5/c1-30-39(31-2)36-41(25-17-9-5-10-18-25,26-19-11-6-12-20-26)34-38(29)35-42(37-40(32-3)33-4,27-21-13-7-14-22-27)28-23-15-8-16-24-28/h5-24,29,38-40H,1-4H3. The maximum atomic E-state index is 12.0. The van der Waals surface area contributed by atoms with E-state index in [1.165, 1.54) is 28.4 Å². The van der Waals surface area contributed by atoms with E-state index in [1.807, 2.05) is 121 Å². The van der Waals surface area contributed by atoms with E-state index in [4.69, 9.17) is 34.2 Å². The highest BCUT2D eigenvalue weighted by Gasteiger charge is 2.52. The Hall–Kier alpha value is -2.40. The molecule has 0 aliphatic rings. The summed E-state index contributed by atoms with van der Waals surface area (Å²) in [6.07, 6.45) is 0. The molecular weight excluding hydrogens is 621 g/mol. The molecule has 0 atom stereocenters. The first-order chi connectivity index (χ1) is 20.5. The van der Waals surface area contributed by atoms with Crippen molar-refractivity contribution in [2.75, 3.05) is 28.4 Å². The van der Waals surface area contributed by atoms with Crippen LogP contribution in [0.15, 0.2) is 121 Å². The van der Waals surface area contributed by atoms with Gasteiger partial charge in [-0.25, -0.2) is 0 Å². The summed E-state index contributed by atoms with van der Waals surface area (Å²) in [4.78, 5) is 12.0. The van der Waals surface area contributed by atoms with Crippen LogP contribution in [0.1, 0.15) is 0 Å². The van der Waals surface area contributed by atoms with E-state index in [1.54, 1.807) is 0 Å². The van der Waals surface area contributed by atoms with E-state index in [0.717, 1.165) is 20.7 Å². The molecule has 0 fully saturated rings. The Morgan fingerprint density at radius 1 is 0.405 bits per heavy atom. The van der Waals surface area contributed by atoms with Crippen molar-refractivity contribution in [2.45, 2.75) is 0 Å². The zero-order valence-electron chi connectivity index (χ0n) is 24.0. The SMILES string of the molecule is CO[SiH](OC)O[Si](O[SiH](O)O[Si](O[SiH](OC)OC)(c1ccccc1)c1ccccc1)(c1ccccc1)c1ccccc1. The second-order valence-electron chi connectivity index (χ2n) is 9.00. The molecule has 4 aromatic carbocycles. The molecule has 0 radical (unpaired) electrons. The smallest absolute Gasteiger partial charge is 0.393 e. The lowest BCUT2D eigenvalue weighted by Gasteiger charge is -2.38. The molecule has 9 nitrogen and oxygen atoms in total. The van der Waals surface area contributed by atoms with Gasteiger partial charge in [0.25, 0.3) is 0 Å². The van der Waals surface area contributed by atoms with Crippen LogP contribution in [0.2, 0.25) is 0 Å². The fourth-order valence-electron chi connectivity index (χ4n) is 4.53. The Morgan fingerprint density at radius 2 is 0.643 bits per heavy atom. The number of hydrogen-bond donors (Lipinski definition) is 1. The average molecular weight is 657 g/mol. The Balaban J connectivity index is 1.86. The van der Waals surface area contributed by atoms with Gasteiger partial charge in [0.15, 0.2) is 0 Å². The zero-order chi connectivity index (χ0) is 29.8. The van der Waals surface area contributed by atoms with Crippen molar-refractivity contribution in [3.63, 3.8) is 0 Å². The van der Waals surface area contributed by atoms with E-state index in [9.17, 15) is 4.80 Å². The van der Waals surface area contributed by atoms with E-state index in [2.05, 4.69) is 0 Å². The van der Waals surface area contributed by atoms with Crippen LogP contribution in [0, 0.1) is 0 Å². The monoisotopic (exact) mass is 656 g/mol. The van der Waals surface area contributed by atoms with Crippen LogP contribution >= 0.6 is 0 Å². The van der Waals surface area contributed by atoms with Gasteiger partial charge < -0.3 is 39.0 Å². The Kier molecular flexibility index (Phi) is 12.3. The first-order valence-electron chi connectivity index (χ1n) is 13.2. The molecule has 42 heavy (non-hydrogen) atoms. The van der Waals surface area contributed by atoms with E-state index in [-0.39, 0.29) is 0 Å². The molecule has 0 saturated heterocycles. The molecule has 0 aliphatic heterocycles. The quantitative estimate of drug-likeness (QED) is 0.171. The predicted molar refractivity (Wildman–Crippen MR) is 172 cm³/mol. The van der Waals surface area contributed by atoms with Crippen molar-refractivity contribution >= 4 is 66.5 Å². The fourth-order valence-corrected chi connectivity index (χ4v) is 20.5. The molecule has 14 heteroatoms. The maximum Gasteiger partial charge on any atom is 0.475 e. The lowest BCUT2D eigenvalue weighted by Crippen LogP contribution is -2.72. The molecule has 0 aliphatic carbocycles. The molecule has 0 amide bonds. The fraction of sp³-hybridized carbons (Fsp3) is 0.143. The van der Waals surface area contributed by atoms with E-state index in [0.29, 0.717) is 0 Å². The highest BCUT2D eigenvalue weighted by atomic mass is 28.5. The summed E-state index contributed by atoms with van der Waals surface area (Å²) < 4.78 is 49.2. The molecule has 0 unspecified atom stereocenters. The van der Waals surface area contributed by atoms with Crippen molar-refractivity contribution in [1.29, 1.82) is 0 Å². The van der Waals surface area contributed by atoms with Gasteiger partial charge in [-0.3, -0.25) is 0 Å². The van der Waals surface area contributed by atoms with Crippen molar-refractivity contribution in [1.82, 2.24) is 0 Å². The van der Waals surface area contributed by atoms with Gasteiger partial charge in [0.05, 0.1) is 0 Å². The normalized spacial score (nSPS) is 12.4. The van der Waals surface area contributed by atoms with Crippen LogP contribution in [-0.4, -0.2) is 78.9 Å². The van der Waals surface area contributed by atoms with E-state index < -0.39 is 45.7 Å². The van der Waals surface area contributed by atoms with Crippen LogP contribution in [-0.2, 0) is 34.2 Å². The third-order valence-corrected chi connectivity index (χ3v) is 20.8. The Morgan fingerprint density at radius 3 is 0.857 bits per heavy atom. The van der Waals surface area contributed by atoms with Gasteiger partial charge in [0.1, 0.15) is 0 Å². The lowest BCUT2D eigenvalue weighted by molar-refractivity contribution is 0.168. The van der Waals surface area contributed by atoms with Crippen molar-refractivity contribution in [3.8, 4) is 0 Å². The molecule has 1 N–H and O–H groups in total. The minimum atomic E-state index is -3.66. The van der Waals surface area contributed by atoms with Gasteiger partial charge in [-0.2, -0.15) is 0 Å². The summed E-state index contributed by atoms with van der Waals surface area (Å²) in [6.45, 7) is 0. The first-order valence-corrected chi connectivity index (χ1v) is 21.2. The van der Waals surface area contributed by atoms with Gasteiger partial charge in [-0.05, 0) is 20.7 Å². The number of rotatable bonds is 16. The first kappa shape index (κ1) is 32.5. The average Bonchev–Trinajstić information content (AvgIpc) is 3.06. The van der Waals surface area contributed by atoms with Gasteiger partial charge in [0.2, 0.25) is 0 Å². The number of hydrogen-bond acceptors (Lipinski definition) is 9. The second-order valence-corrected chi connectivity index (χ2v) is 21.2. The van der Waals surface area contributed by atoms with Crippen LogP contribution in [0.25, 0.3) is 0 Å². The molecule has 4 aromatic rings. The molecule has 0 saturated carbocycles. The highest BCUT2D eigenvalue weighted by Crippen LogP contribution is 2.18. The zero-order valence-corrected chi connectivity index (χ0v) is 29.5. The molecule has 0 aromatic heterocycles. The van der Waals surface area contributed by atoms with Crippen molar-refractivity contribution in [2.24, 2.45) is 0 Å². The third-order valence-electron chi connectivity index (χ3n) is 6.44. The summed E-state index contributed by atoms with van der Waals surface area (Å²) >= 11 is 0. The lowest BCUT2D eigenvalue weighted by atomic mass is 10.4. The summed E-state index contributed by atoms with van der Waals surface area (Å²) in [5.74, 6) is 0. The van der Waals surface area contributed by atoms with Crippen molar-refractivity contribution in [3.05, 3.63) is 121 Å². The molecule has 222 valence electrons. The summed E-state index contributed by atoms with van der Waals surface area (Å²) in [5.41, 5.74) is 0. The van der Waals surface area contributed by atoms with Crippen LogP contribution < -0.4 is 20.7 Å². The Bertz CT molecular complexity index is 1140. The summed E-state index contributed by atoms with van der Waals surface area (Å²) in [7, 11) is -10.1. The maximum absolute atomic E-state index is 12.0. The predicted octanol–water partition coefficient (Wildman–Crippen LogP) is 0.296. The van der Waals surface area contributed by atoms with Crippen LogP contribution in [0.5, 0.6) is 0 Å². The molecule has 0 spiro atoms. The molecular formula is C28H36O9Si5. The van der Waals surface area contributed by atoms with Crippen LogP contribution in [0.3, 0.4) is 0 Å². The molecule has 0 heterocycles. The minimum absolute atomic E-state index is 0.770. The van der Waals surface area contributed by atoms with Gasteiger partial charge in [-0.15, -0.1) is 0 Å². The topological polar surface area (TPSA) is 94.1 Å². The second kappa shape index (κ2) is 15.9. The van der Waals surface area contributed by atoms with Crippen molar-refractivity contribution < 1.29 is 39.0 Å². The van der Waals surface area contributed by atoms with Crippen LogP contribution in [0.4, 0.5) is 0 Å². The van der Waals surface area contributed by atoms with Gasteiger partial charge in [0, 0.05) is 28.4 Å². The largest absolute Gasteiger partial charge is 0.475 e. The van der Waals surface area contributed by atoms with Gasteiger partial charge in [-0.1, -0.05) is 121 Å². The summed E-state index contributed by atoms with van der Waals surface area (Å²) in [6, 6.07) is 38.3. The minimum Gasteiger partial charge on any atom is -0.393 e. The highest BCUT2D eigenvalue weighted by molar-refractivity contribution is 7.00. The Labute approximate surface area is 254 Å². The van der Waals surface area contributed by atoms with E-state index >= 15 is 0 Å². The molecule has 4 rings (SSSR count). The van der Waals surface area contributed by atoms with Gasteiger partial charge >= 0.3 is 45.7 Å². The third kappa shape index (κ3) is 7.57. The summed E-state index contributed by atoms with van der Waals surface area (Å²) in [5, 5.41) is 3.08. The molecule has 0 bridgehead atoms.